The largest absolute Gasteiger partial charge is 0.481 e. The summed E-state index contributed by atoms with van der Waals surface area (Å²) in [4.78, 5) is 19.4. The number of carboxylic acids is 2. The number of hydrogen-bond donors (Lipinski definition) is 3. The quantitative estimate of drug-likeness (QED) is 0.377. The number of carbonyl (C=O) groups is 2. The van der Waals surface area contributed by atoms with Gasteiger partial charge in [0.25, 0.3) is 0 Å². The van der Waals surface area contributed by atoms with E-state index in [1.165, 1.54) is 82.0 Å². The molecule has 0 aliphatic carbocycles. The number of hydrogen-bond acceptors (Lipinski definition) is 3. The molecule has 1 unspecified atom stereocenters. The van der Waals surface area contributed by atoms with Crippen LogP contribution in [0.1, 0.15) is 85.5 Å². The third-order valence-corrected chi connectivity index (χ3v) is 4.60. The highest BCUT2D eigenvalue weighted by Gasteiger charge is 2.24. The molecule has 26 heavy (non-hydrogen) atoms. The lowest BCUT2D eigenvalue weighted by Crippen LogP contribution is -2.50. The van der Waals surface area contributed by atoms with Crippen molar-refractivity contribution < 1.29 is 29.4 Å². The number of rotatable bonds is 15. The molecule has 0 spiro atoms. The molecule has 0 bridgehead atoms. The van der Waals surface area contributed by atoms with Crippen LogP contribution in [-0.2, 0) is 9.59 Å². The fraction of sp³-hybridized carbons (Fsp3) is 0.900. The van der Waals surface area contributed by atoms with Crippen molar-refractivity contribution in [2.24, 2.45) is 0 Å². The lowest BCUT2D eigenvalue weighted by molar-refractivity contribution is -0.929. The highest BCUT2D eigenvalue weighted by molar-refractivity contribution is 5.79. The summed E-state index contributed by atoms with van der Waals surface area (Å²) in [6.07, 6.45) is 8.52. The van der Waals surface area contributed by atoms with Crippen LogP contribution in [0.2, 0.25) is 0 Å². The predicted molar refractivity (Wildman–Crippen MR) is 105 cm³/mol. The Balaban J connectivity index is 0. The smallest absolute Gasteiger partial charge is 0.333 e. The van der Waals surface area contributed by atoms with E-state index in [0.29, 0.717) is 0 Å². The molecule has 1 atom stereocenters. The van der Waals surface area contributed by atoms with E-state index < -0.39 is 24.5 Å². The van der Waals surface area contributed by atoms with E-state index in [0.717, 1.165) is 0 Å². The van der Waals surface area contributed by atoms with Gasteiger partial charge in [-0.1, -0.05) is 53.4 Å². The Bertz CT molecular complexity index is 323. The van der Waals surface area contributed by atoms with Gasteiger partial charge in [-0.3, -0.25) is 4.79 Å². The van der Waals surface area contributed by atoms with E-state index in [9.17, 15) is 9.59 Å². The minimum atomic E-state index is -1.79. The summed E-state index contributed by atoms with van der Waals surface area (Å²) in [7, 11) is 0. The van der Waals surface area contributed by atoms with Crippen LogP contribution in [0, 0.1) is 0 Å². The molecule has 0 radical (unpaired) electrons. The number of aliphatic hydroxyl groups is 1. The van der Waals surface area contributed by atoms with Gasteiger partial charge in [0.05, 0.1) is 32.6 Å². The second-order valence-corrected chi connectivity index (χ2v) is 7.10. The second kappa shape index (κ2) is 17.3. The van der Waals surface area contributed by atoms with Gasteiger partial charge in [0.15, 0.2) is 6.10 Å². The summed E-state index contributed by atoms with van der Waals surface area (Å²) in [5.74, 6) is -2.85. The van der Waals surface area contributed by atoms with Gasteiger partial charge in [-0.05, 0) is 25.7 Å². The van der Waals surface area contributed by atoms with Gasteiger partial charge < -0.3 is 19.8 Å². The van der Waals surface area contributed by atoms with Gasteiger partial charge in [0.1, 0.15) is 0 Å². The molecule has 0 aliphatic heterocycles. The van der Waals surface area contributed by atoms with Gasteiger partial charge >= 0.3 is 11.9 Å². The summed E-state index contributed by atoms with van der Waals surface area (Å²) < 4.78 is 1.42. The van der Waals surface area contributed by atoms with Crippen LogP contribution >= 0.6 is 0 Å². The normalized spacial score (nSPS) is 12.2. The van der Waals surface area contributed by atoms with E-state index in [4.69, 9.17) is 15.3 Å². The van der Waals surface area contributed by atoms with Crippen LogP contribution in [-0.4, -0.2) is 64.0 Å². The maximum absolute atomic E-state index is 9.72. The Labute approximate surface area is 159 Å². The van der Waals surface area contributed by atoms with Crippen LogP contribution < -0.4 is 0 Å². The molecule has 0 saturated carbocycles. The average Bonchev–Trinajstić information content (AvgIpc) is 2.60. The molecule has 0 aromatic heterocycles. The first-order valence-electron chi connectivity index (χ1n) is 10.3. The highest BCUT2D eigenvalue weighted by atomic mass is 16.4. The summed E-state index contributed by atoms with van der Waals surface area (Å²) in [5, 5.41) is 24.1. The summed E-state index contributed by atoms with van der Waals surface area (Å²) in [6, 6.07) is 0. The number of aliphatic hydroxyl groups excluding tert-OH is 1. The number of quaternary nitrogens is 1. The summed E-state index contributed by atoms with van der Waals surface area (Å²) in [6.45, 7) is 15.0. The van der Waals surface area contributed by atoms with Crippen LogP contribution in [0.4, 0.5) is 0 Å². The Morgan fingerprint density at radius 2 is 1.04 bits per heavy atom. The molecule has 0 saturated heterocycles. The Hall–Kier alpha value is -1.14. The van der Waals surface area contributed by atoms with Crippen LogP contribution in [0.3, 0.4) is 0 Å². The van der Waals surface area contributed by atoms with Gasteiger partial charge in [-0.2, -0.15) is 0 Å². The van der Waals surface area contributed by atoms with Crippen molar-refractivity contribution in [3.63, 3.8) is 0 Å². The fourth-order valence-electron chi connectivity index (χ4n) is 2.90. The standard InChI is InChI=1S/C16H36N.C4H6O5/c1-5-9-13-17(14-10-6-2,15-11-7-3)16-12-8-4;5-2(4(8)9)1-3(6)7/h5-16H2,1-4H3;2,5H,1H2,(H,6,7)(H,8,9)/q+1;. The van der Waals surface area contributed by atoms with E-state index in [2.05, 4.69) is 27.7 Å². The topological polar surface area (TPSA) is 94.8 Å². The molecular formula is C20H42NO5+. The predicted octanol–water partition coefficient (Wildman–Crippen LogP) is 3.91. The van der Waals surface area contributed by atoms with Crippen LogP contribution in [0.15, 0.2) is 0 Å². The zero-order chi connectivity index (χ0) is 20.4. The number of unbranched alkanes of at least 4 members (excludes halogenated alkanes) is 4. The van der Waals surface area contributed by atoms with E-state index in [1.807, 2.05) is 0 Å². The van der Waals surface area contributed by atoms with Crippen molar-refractivity contribution >= 4 is 11.9 Å². The molecule has 3 N–H and O–H groups in total. The molecular weight excluding hydrogens is 334 g/mol. The van der Waals surface area contributed by atoms with E-state index in [1.54, 1.807) is 0 Å². The first-order valence-corrected chi connectivity index (χ1v) is 10.3. The average molecular weight is 377 g/mol. The maximum atomic E-state index is 9.72. The van der Waals surface area contributed by atoms with Gasteiger partial charge in [-0.25, -0.2) is 4.79 Å². The van der Waals surface area contributed by atoms with Crippen LogP contribution in [0.5, 0.6) is 0 Å². The minimum Gasteiger partial charge on any atom is -0.481 e. The molecule has 0 rings (SSSR count). The Morgan fingerprint density at radius 1 is 0.731 bits per heavy atom. The molecule has 0 aromatic carbocycles. The molecule has 0 heterocycles. The van der Waals surface area contributed by atoms with Crippen molar-refractivity contribution in [1.29, 1.82) is 0 Å². The van der Waals surface area contributed by atoms with Gasteiger partial charge in [0, 0.05) is 0 Å². The molecule has 0 fully saturated rings. The number of aliphatic carboxylic acids is 2. The Kier molecular flexibility index (Phi) is 18.0. The minimum absolute atomic E-state index is 0.755. The van der Waals surface area contributed by atoms with E-state index >= 15 is 0 Å². The highest BCUT2D eigenvalue weighted by Crippen LogP contribution is 2.16. The fourth-order valence-corrected chi connectivity index (χ4v) is 2.90. The van der Waals surface area contributed by atoms with Crippen molar-refractivity contribution in [3.8, 4) is 0 Å². The van der Waals surface area contributed by atoms with E-state index in [-0.39, 0.29) is 0 Å². The molecule has 156 valence electrons. The van der Waals surface area contributed by atoms with Crippen molar-refractivity contribution in [3.05, 3.63) is 0 Å². The Morgan fingerprint density at radius 3 is 1.19 bits per heavy atom. The van der Waals surface area contributed by atoms with Crippen molar-refractivity contribution in [1.82, 2.24) is 0 Å². The molecule has 0 aliphatic rings. The molecule has 6 heteroatoms. The van der Waals surface area contributed by atoms with Gasteiger partial charge in [-0.15, -0.1) is 0 Å². The van der Waals surface area contributed by atoms with Crippen molar-refractivity contribution in [2.45, 2.75) is 91.6 Å². The molecule has 6 nitrogen and oxygen atoms in total. The number of carboxylic acid groups (broad SMARTS) is 2. The first kappa shape index (κ1) is 27.1. The molecule has 0 amide bonds. The zero-order valence-electron chi connectivity index (χ0n) is 17.4. The SMILES string of the molecule is CCCC[N+](CCCC)(CCCC)CCCC.O=C(O)CC(O)C(=O)O. The second-order valence-electron chi connectivity index (χ2n) is 7.10. The summed E-state index contributed by atoms with van der Waals surface area (Å²) >= 11 is 0. The maximum Gasteiger partial charge on any atom is 0.333 e. The molecule has 0 aromatic rings. The van der Waals surface area contributed by atoms with Crippen molar-refractivity contribution in [2.75, 3.05) is 26.2 Å². The summed E-state index contributed by atoms with van der Waals surface area (Å²) in [5.41, 5.74) is 0. The first-order chi connectivity index (χ1) is 12.3. The lowest BCUT2D eigenvalue weighted by Gasteiger charge is -2.39. The monoisotopic (exact) mass is 376 g/mol. The number of nitrogens with zero attached hydrogens (tertiary/aromatic N) is 1. The zero-order valence-corrected chi connectivity index (χ0v) is 17.4. The third kappa shape index (κ3) is 15.1. The lowest BCUT2D eigenvalue weighted by atomic mass is 10.1. The van der Waals surface area contributed by atoms with Gasteiger partial charge in [0.2, 0.25) is 0 Å². The van der Waals surface area contributed by atoms with Crippen LogP contribution in [0.25, 0.3) is 0 Å². The third-order valence-electron chi connectivity index (χ3n) is 4.60.